The zero-order valence-electron chi connectivity index (χ0n) is 14.0. The van der Waals surface area contributed by atoms with Crippen molar-refractivity contribution in [2.45, 2.75) is 30.7 Å². The van der Waals surface area contributed by atoms with Gasteiger partial charge in [0.2, 0.25) is 0 Å². The topological polar surface area (TPSA) is 57.5 Å². The molecule has 0 fully saturated rings. The Kier molecular flexibility index (Phi) is 7.08. The Labute approximate surface area is 165 Å². The zero-order valence-corrected chi connectivity index (χ0v) is 17.4. The van der Waals surface area contributed by atoms with Gasteiger partial charge in [-0.1, -0.05) is 65.3 Å². The Balaban J connectivity index is 2.13. The van der Waals surface area contributed by atoms with Crippen molar-refractivity contribution in [2.24, 2.45) is 5.92 Å². The number of alkyl halides is 2. The average Bonchev–Trinajstić information content (AvgIpc) is 2.58. The smallest absolute Gasteiger partial charge is 0.320 e. The van der Waals surface area contributed by atoms with Gasteiger partial charge in [0.15, 0.2) is 0 Å². The Morgan fingerprint density at radius 2 is 1.81 bits per heavy atom. The van der Waals surface area contributed by atoms with Crippen LogP contribution in [-0.4, -0.2) is 9.79 Å². The van der Waals surface area contributed by atoms with E-state index in [0.29, 0.717) is 5.56 Å². The van der Waals surface area contributed by atoms with E-state index in [1.807, 2.05) is 25.1 Å². The van der Waals surface area contributed by atoms with Crippen molar-refractivity contribution in [3.8, 4) is 0 Å². The second-order valence-corrected chi connectivity index (χ2v) is 9.33. The van der Waals surface area contributed by atoms with Gasteiger partial charge in [0.25, 0.3) is 0 Å². The van der Waals surface area contributed by atoms with Crippen LogP contribution in [0.5, 0.6) is 0 Å². The molecule has 2 aromatic carbocycles. The molecule has 2 N–H and O–H groups in total. The van der Waals surface area contributed by atoms with E-state index < -0.39 is 18.8 Å². The van der Waals surface area contributed by atoms with Crippen molar-refractivity contribution < 1.29 is 23.1 Å². The Morgan fingerprint density at radius 1 is 1.19 bits per heavy atom. The minimum absolute atomic E-state index is 0.0439. The fourth-order valence-corrected chi connectivity index (χ4v) is 4.26. The molecule has 142 valence electrons. The SMILES string of the molecule is CC(CCc1ccccc1)C(S)c1ccc(C(F)(F)P(=O)(O)O)c(Br)c1. The summed E-state index contributed by atoms with van der Waals surface area (Å²) in [5, 5.41) is -0.187. The lowest BCUT2D eigenvalue weighted by Crippen LogP contribution is -2.15. The maximum absolute atomic E-state index is 13.9. The van der Waals surface area contributed by atoms with Crippen LogP contribution < -0.4 is 0 Å². The minimum atomic E-state index is -5.60. The lowest BCUT2D eigenvalue weighted by molar-refractivity contribution is 0.0557. The van der Waals surface area contributed by atoms with Crippen LogP contribution in [0.4, 0.5) is 8.78 Å². The van der Waals surface area contributed by atoms with E-state index in [1.165, 1.54) is 17.7 Å². The van der Waals surface area contributed by atoms with Crippen molar-refractivity contribution in [1.29, 1.82) is 0 Å². The molecule has 0 aliphatic rings. The van der Waals surface area contributed by atoms with E-state index in [1.54, 1.807) is 0 Å². The molecular formula is C18H20BrF2O3PS. The van der Waals surface area contributed by atoms with Gasteiger partial charge >= 0.3 is 13.3 Å². The second kappa shape index (κ2) is 8.53. The standard InChI is InChI=1S/C18H20BrF2O3PS/c1-12(7-8-13-5-3-2-4-6-13)17(26)14-9-10-15(16(19)11-14)18(20,21)25(22,23)24/h2-6,9-12,17,26H,7-8H2,1H3,(H2,22,23,24). The quantitative estimate of drug-likeness (QED) is 0.352. The van der Waals surface area contributed by atoms with Crippen LogP contribution in [0.25, 0.3) is 0 Å². The average molecular weight is 465 g/mol. The van der Waals surface area contributed by atoms with E-state index in [4.69, 9.17) is 9.79 Å². The molecule has 8 heteroatoms. The number of hydrogen-bond donors (Lipinski definition) is 3. The molecule has 3 nitrogen and oxygen atoms in total. The lowest BCUT2D eigenvalue weighted by Gasteiger charge is -2.23. The number of aryl methyl sites for hydroxylation is 1. The van der Waals surface area contributed by atoms with E-state index >= 15 is 0 Å². The van der Waals surface area contributed by atoms with Gasteiger partial charge in [0.1, 0.15) is 0 Å². The third-order valence-corrected chi connectivity index (χ3v) is 6.73. The van der Waals surface area contributed by atoms with Crippen molar-refractivity contribution in [1.82, 2.24) is 0 Å². The highest BCUT2D eigenvalue weighted by molar-refractivity contribution is 9.10. The summed E-state index contributed by atoms with van der Waals surface area (Å²) in [7, 11) is -5.60. The predicted octanol–water partition coefficient (Wildman–Crippen LogP) is 5.92. The van der Waals surface area contributed by atoms with Crippen molar-refractivity contribution in [3.63, 3.8) is 0 Å². The monoisotopic (exact) mass is 464 g/mol. The molecule has 0 aliphatic carbocycles. The molecule has 0 saturated heterocycles. The summed E-state index contributed by atoms with van der Waals surface area (Å²) in [4.78, 5) is 17.8. The normalized spacial score (nSPS) is 14.9. The van der Waals surface area contributed by atoms with Gasteiger partial charge in [-0.2, -0.15) is 21.4 Å². The Bertz CT molecular complexity index is 798. The molecular weight excluding hydrogens is 445 g/mol. The summed E-state index contributed by atoms with van der Waals surface area (Å²) in [6, 6.07) is 14.0. The first-order valence-corrected chi connectivity index (χ1v) is 10.9. The summed E-state index contributed by atoms with van der Waals surface area (Å²) in [6.45, 7) is 2.03. The second-order valence-electron chi connectivity index (χ2n) is 6.27. The number of rotatable bonds is 7. The predicted molar refractivity (Wildman–Crippen MR) is 106 cm³/mol. The van der Waals surface area contributed by atoms with Crippen LogP contribution in [0.2, 0.25) is 0 Å². The first kappa shape index (κ1) is 21.6. The van der Waals surface area contributed by atoms with Crippen molar-refractivity contribution in [2.75, 3.05) is 0 Å². The summed E-state index contributed by atoms with van der Waals surface area (Å²) < 4.78 is 38.8. The first-order valence-electron chi connectivity index (χ1n) is 7.99. The fourth-order valence-electron chi connectivity index (χ4n) is 2.64. The van der Waals surface area contributed by atoms with Crippen molar-refractivity contribution in [3.05, 3.63) is 69.7 Å². The van der Waals surface area contributed by atoms with Crippen molar-refractivity contribution >= 4 is 36.2 Å². The van der Waals surface area contributed by atoms with Gasteiger partial charge in [0.05, 0.1) is 0 Å². The number of thiol groups is 1. The summed E-state index contributed by atoms with van der Waals surface area (Å²) in [5.41, 5.74) is -3.04. The van der Waals surface area contributed by atoms with Crippen LogP contribution >= 0.6 is 36.2 Å². The summed E-state index contributed by atoms with van der Waals surface area (Å²) in [6.07, 6.45) is 1.75. The molecule has 26 heavy (non-hydrogen) atoms. The highest BCUT2D eigenvalue weighted by Crippen LogP contribution is 2.60. The molecule has 0 aliphatic heterocycles. The number of halogens is 3. The van der Waals surface area contributed by atoms with Gasteiger partial charge < -0.3 is 9.79 Å². The summed E-state index contributed by atoms with van der Waals surface area (Å²) in [5.74, 6) is 0.179. The molecule has 0 radical (unpaired) electrons. The molecule has 2 unspecified atom stereocenters. The fraction of sp³-hybridized carbons (Fsp3) is 0.333. The number of hydrogen-bond acceptors (Lipinski definition) is 2. The maximum Gasteiger partial charge on any atom is 0.399 e. The molecule has 2 rings (SSSR count). The van der Waals surface area contributed by atoms with Crippen LogP contribution in [0.1, 0.15) is 35.3 Å². The zero-order chi connectivity index (χ0) is 19.5. The highest BCUT2D eigenvalue weighted by atomic mass is 79.9. The Hall–Kier alpha value is -0.720. The maximum atomic E-state index is 13.9. The molecule has 2 atom stereocenters. The van der Waals surface area contributed by atoms with E-state index in [0.717, 1.165) is 18.9 Å². The van der Waals surface area contributed by atoms with Gasteiger partial charge in [-0.3, -0.25) is 4.57 Å². The molecule has 0 heterocycles. The largest absolute Gasteiger partial charge is 0.399 e. The number of benzene rings is 2. The van der Waals surface area contributed by atoms with Gasteiger partial charge in [0, 0.05) is 15.3 Å². The Morgan fingerprint density at radius 3 is 2.35 bits per heavy atom. The molecule has 0 spiro atoms. The van der Waals surface area contributed by atoms with E-state index in [-0.39, 0.29) is 15.6 Å². The van der Waals surface area contributed by atoms with Gasteiger partial charge in [-0.25, -0.2) is 0 Å². The van der Waals surface area contributed by atoms with E-state index in [9.17, 15) is 13.3 Å². The molecule has 0 bridgehead atoms. The summed E-state index contributed by atoms with van der Waals surface area (Å²) >= 11 is 7.62. The van der Waals surface area contributed by atoms with E-state index in [2.05, 4.69) is 40.7 Å². The lowest BCUT2D eigenvalue weighted by atomic mass is 9.93. The molecule has 0 aromatic heterocycles. The molecule has 0 amide bonds. The molecule has 0 saturated carbocycles. The van der Waals surface area contributed by atoms with Crippen LogP contribution in [-0.2, 0) is 16.6 Å². The van der Waals surface area contributed by atoms with Crippen LogP contribution in [0, 0.1) is 5.92 Å². The van der Waals surface area contributed by atoms with Gasteiger partial charge in [-0.15, -0.1) is 0 Å². The first-order chi connectivity index (χ1) is 12.0. The minimum Gasteiger partial charge on any atom is -0.320 e. The van der Waals surface area contributed by atoms with Gasteiger partial charge in [-0.05, 0) is 36.0 Å². The third kappa shape index (κ3) is 4.96. The third-order valence-electron chi connectivity index (χ3n) is 4.29. The van der Waals surface area contributed by atoms with Crippen LogP contribution in [0.3, 0.4) is 0 Å². The highest BCUT2D eigenvalue weighted by Gasteiger charge is 2.51. The molecule has 2 aromatic rings. The van der Waals surface area contributed by atoms with Crippen LogP contribution in [0.15, 0.2) is 53.0 Å².